The van der Waals surface area contributed by atoms with Gasteiger partial charge in [-0.3, -0.25) is 4.79 Å². The van der Waals surface area contributed by atoms with Crippen LogP contribution in [0, 0.1) is 13.8 Å². The van der Waals surface area contributed by atoms with Crippen molar-refractivity contribution < 1.29 is 9.90 Å². The first-order valence-corrected chi connectivity index (χ1v) is 12.3. The van der Waals surface area contributed by atoms with Crippen molar-refractivity contribution in [3.8, 4) is 5.75 Å². The summed E-state index contributed by atoms with van der Waals surface area (Å²) in [5.41, 5.74) is 5.59. The van der Waals surface area contributed by atoms with Gasteiger partial charge in [-0.1, -0.05) is 47.7 Å². The van der Waals surface area contributed by atoms with Crippen molar-refractivity contribution in [3.63, 3.8) is 0 Å². The Morgan fingerprint density at radius 1 is 1.13 bits per heavy atom. The number of phenols is 1. The molecule has 1 aliphatic heterocycles. The first kappa shape index (κ1) is 21.7. The molecule has 4 rings (SSSR count). The van der Waals surface area contributed by atoms with Crippen LogP contribution in [0.4, 0.5) is 5.69 Å². The third kappa shape index (κ3) is 5.40. The molecule has 1 saturated heterocycles. The highest BCUT2D eigenvalue weighted by Crippen LogP contribution is 2.29. The number of rotatable bonds is 6. The van der Waals surface area contributed by atoms with E-state index in [1.807, 2.05) is 28.5 Å². The molecule has 3 aromatic rings. The number of aromatic nitrogens is 1. The van der Waals surface area contributed by atoms with Crippen molar-refractivity contribution in [1.29, 1.82) is 0 Å². The average Bonchev–Trinajstić information content (AvgIpc) is 3.22. The van der Waals surface area contributed by atoms with E-state index in [0.29, 0.717) is 19.5 Å². The molecule has 2 aromatic carbocycles. The maximum absolute atomic E-state index is 12.8. The zero-order valence-corrected chi connectivity index (χ0v) is 19.5. The predicted molar refractivity (Wildman–Crippen MR) is 128 cm³/mol. The van der Waals surface area contributed by atoms with Crippen LogP contribution in [0.2, 0.25) is 0 Å². The van der Waals surface area contributed by atoms with E-state index in [2.05, 4.69) is 41.9 Å². The van der Waals surface area contributed by atoms with Gasteiger partial charge in [0.15, 0.2) is 0 Å². The van der Waals surface area contributed by atoms with Crippen LogP contribution in [-0.2, 0) is 17.0 Å². The van der Waals surface area contributed by atoms with Crippen LogP contribution in [0.25, 0.3) is 0 Å². The summed E-state index contributed by atoms with van der Waals surface area (Å²) >= 11 is 3.34. The second-order valence-corrected chi connectivity index (χ2v) is 9.94. The summed E-state index contributed by atoms with van der Waals surface area (Å²) in [6.45, 7) is 7.01. The Labute approximate surface area is 191 Å². The van der Waals surface area contributed by atoms with Gasteiger partial charge in [0.05, 0.1) is 17.8 Å². The van der Waals surface area contributed by atoms with E-state index in [9.17, 15) is 9.90 Å². The third-order valence-corrected chi connectivity index (χ3v) is 7.69. The van der Waals surface area contributed by atoms with Crippen molar-refractivity contribution in [2.75, 3.05) is 31.1 Å². The summed E-state index contributed by atoms with van der Waals surface area (Å²) in [6, 6.07) is 13.9. The fourth-order valence-electron chi connectivity index (χ4n) is 3.73. The summed E-state index contributed by atoms with van der Waals surface area (Å²) < 4.78 is 1.01. The molecule has 2 heterocycles. The lowest BCUT2D eigenvalue weighted by molar-refractivity contribution is -0.130. The van der Waals surface area contributed by atoms with E-state index in [1.54, 1.807) is 29.2 Å². The van der Waals surface area contributed by atoms with Crippen LogP contribution >= 0.6 is 23.1 Å². The van der Waals surface area contributed by atoms with Crippen molar-refractivity contribution in [2.24, 2.45) is 0 Å². The van der Waals surface area contributed by atoms with Gasteiger partial charge in [0.2, 0.25) is 5.91 Å². The smallest absolute Gasteiger partial charge is 0.228 e. The Morgan fingerprint density at radius 2 is 1.90 bits per heavy atom. The van der Waals surface area contributed by atoms with Crippen LogP contribution in [-0.4, -0.2) is 47.1 Å². The molecule has 0 saturated carbocycles. The minimum Gasteiger partial charge on any atom is -0.506 e. The second-order valence-electron chi connectivity index (χ2n) is 7.86. The van der Waals surface area contributed by atoms with Gasteiger partial charge in [-0.15, -0.1) is 11.3 Å². The zero-order chi connectivity index (χ0) is 21.8. The molecule has 7 heteroatoms. The van der Waals surface area contributed by atoms with E-state index in [1.165, 1.54) is 16.7 Å². The monoisotopic (exact) mass is 453 g/mol. The van der Waals surface area contributed by atoms with Crippen LogP contribution < -0.4 is 4.90 Å². The molecule has 0 radical (unpaired) electrons. The number of hydrogen-bond acceptors (Lipinski definition) is 6. The van der Waals surface area contributed by atoms with E-state index < -0.39 is 0 Å². The summed E-state index contributed by atoms with van der Waals surface area (Å²) in [5, 5.41) is 12.1. The maximum atomic E-state index is 12.8. The van der Waals surface area contributed by atoms with Crippen molar-refractivity contribution in [1.82, 2.24) is 9.88 Å². The molecule has 0 bridgehead atoms. The van der Waals surface area contributed by atoms with Gasteiger partial charge in [0, 0.05) is 37.3 Å². The third-order valence-electron chi connectivity index (χ3n) is 5.57. The maximum Gasteiger partial charge on any atom is 0.228 e. The summed E-state index contributed by atoms with van der Waals surface area (Å²) in [7, 11) is 0. The Balaban J connectivity index is 1.28. The number of thioether (sulfide) groups is 1. The summed E-state index contributed by atoms with van der Waals surface area (Å²) in [4.78, 5) is 21.5. The van der Waals surface area contributed by atoms with Crippen molar-refractivity contribution in [2.45, 2.75) is 30.4 Å². The van der Waals surface area contributed by atoms with Gasteiger partial charge in [-0.25, -0.2) is 4.98 Å². The fourth-order valence-corrected chi connectivity index (χ4v) is 5.63. The van der Waals surface area contributed by atoms with E-state index in [0.717, 1.165) is 34.6 Å². The molecule has 5 nitrogen and oxygen atoms in total. The molecule has 1 amide bonds. The van der Waals surface area contributed by atoms with Crippen LogP contribution in [0.3, 0.4) is 0 Å². The van der Waals surface area contributed by atoms with Gasteiger partial charge in [0.25, 0.3) is 0 Å². The number of hydrogen-bond donors (Lipinski definition) is 1. The Morgan fingerprint density at radius 3 is 2.68 bits per heavy atom. The standard InChI is InChI=1S/C24H27N3O2S2/c1-17-7-8-18(2)19(13-17)15-30-24-25-20(16-31-24)14-23(29)27-11-9-26(10-12-27)21-5-3-4-6-22(21)28/h3-8,13,16,28H,9-12,14-15H2,1-2H3. The topological polar surface area (TPSA) is 56.7 Å². The van der Waals surface area contributed by atoms with E-state index in [-0.39, 0.29) is 11.7 Å². The molecular formula is C24H27N3O2S2. The lowest BCUT2D eigenvalue weighted by Crippen LogP contribution is -2.49. The molecule has 0 spiro atoms. The summed E-state index contributed by atoms with van der Waals surface area (Å²) in [5.74, 6) is 1.30. The quantitative estimate of drug-likeness (QED) is 0.551. The number of carbonyl (C=O) groups is 1. The number of benzene rings is 2. The minimum atomic E-state index is 0.119. The van der Waals surface area contributed by atoms with Gasteiger partial charge in [-0.05, 0) is 37.1 Å². The number of nitrogens with zero attached hydrogens (tertiary/aromatic N) is 3. The number of amides is 1. The van der Waals surface area contributed by atoms with Crippen LogP contribution in [0.5, 0.6) is 5.75 Å². The molecule has 1 N–H and O–H groups in total. The first-order chi connectivity index (χ1) is 15.0. The average molecular weight is 454 g/mol. The van der Waals surface area contributed by atoms with E-state index in [4.69, 9.17) is 0 Å². The summed E-state index contributed by atoms with van der Waals surface area (Å²) in [6.07, 6.45) is 0.344. The molecule has 0 aliphatic carbocycles. The molecular weight excluding hydrogens is 426 g/mol. The van der Waals surface area contributed by atoms with Gasteiger partial charge < -0.3 is 14.9 Å². The van der Waals surface area contributed by atoms with Crippen LogP contribution in [0.1, 0.15) is 22.4 Å². The second kappa shape index (κ2) is 9.75. The minimum absolute atomic E-state index is 0.119. The van der Waals surface area contributed by atoms with Crippen LogP contribution in [0.15, 0.2) is 52.2 Å². The molecule has 1 fully saturated rings. The SMILES string of the molecule is Cc1ccc(C)c(CSc2nc(CC(=O)N3CCN(c4ccccc4O)CC3)cs2)c1. The predicted octanol–water partition coefficient (Wildman–Crippen LogP) is 4.65. The zero-order valence-electron chi connectivity index (χ0n) is 17.9. The molecule has 0 atom stereocenters. The number of carbonyl (C=O) groups excluding carboxylic acids is 1. The lowest BCUT2D eigenvalue weighted by Gasteiger charge is -2.36. The Bertz CT molecular complexity index is 1060. The molecule has 1 aliphatic rings. The number of aryl methyl sites for hydroxylation is 2. The Hall–Kier alpha value is -2.51. The van der Waals surface area contributed by atoms with Gasteiger partial charge in [0.1, 0.15) is 10.1 Å². The highest BCUT2D eigenvalue weighted by molar-refractivity contribution is 8.00. The number of phenolic OH excluding ortho intramolecular Hbond substituents is 1. The number of thiazole rings is 1. The van der Waals surface area contributed by atoms with Gasteiger partial charge in [-0.2, -0.15) is 0 Å². The number of piperazine rings is 1. The normalized spacial score (nSPS) is 14.1. The first-order valence-electron chi connectivity index (χ1n) is 10.4. The number of para-hydroxylation sites is 2. The largest absolute Gasteiger partial charge is 0.506 e. The highest BCUT2D eigenvalue weighted by atomic mass is 32.2. The Kier molecular flexibility index (Phi) is 6.83. The molecule has 31 heavy (non-hydrogen) atoms. The van der Waals surface area contributed by atoms with E-state index >= 15 is 0 Å². The fraction of sp³-hybridized carbons (Fsp3) is 0.333. The van der Waals surface area contributed by atoms with Crippen molar-refractivity contribution in [3.05, 3.63) is 70.2 Å². The highest BCUT2D eigenvalue weighted by Gasteiger charge is 2.23. The lowest BCUT2D eigenvalue weighted by atomic mass is 10.1. The molecule has 162 valence electrons. The number of aromatic hydroxyl groups is 1. The number of anilines is 1. The molecule has 1 aromatic heterocycles. The van der Waals surface area contributed by atoms with Crippen molar-refractivity contribution >= 4 is 34.7 Å². The molecule has 0 unspecified atom stereocenters. The van der Waals surface area contributed by atoms with Gasteiger partial charge >= 0.3 is 0 Å².